The van der Waals surface area contributed by atoms with Gasteiger partial charge in [0, 0.05) is 11.6 Å². The van der Waals surface area contributed by atoms with Gasteiger partial charge in [-0.05, 0) is 67.3 Å². The molecule has 2 heteroatoms. The summed E-state index contributed by atoms with van der Waals surface area (Å²) in [7, 11) is 0. The van der Waals surface area contributed by atoms with Gasteiger partial charge in [0.25, 0.3) is 0 Å². The van der Waals surface area contributed by atoms with Crippen molar-refractivity contribution in [1.29, 1.82) is 0 Å². The third kappa shape index (κ3) is 5.85. The molecule has 20 heavy (non-hydrogen) atoms. The highest BCUT2D eigenvalue weighted by Gasteiger charge is 2.18. The van der Waals surface area contributed by atoms with E-state index in [0.29, 0.717) is 11.3 Å². The van der Waals surface area contributed by atoms with E-state index in [0.717, 1.165) is 31.0 Å². The molecule has 0 aliphatic rings. The summed E-state index contributed by atoms with van der Waals surface area (Å²) >= 11 is 6.36. The van der Waals surface area contributed by atoms with Crippen molar-refractivity contribution in [3.8, 4) is 0 Å². The van der Waals surface area contributed by atoms with Gasteiger partial charge in [0.1, 0.15) is 0 Å². The van der Waals surface area contributed by atoms with Gasteiger partial charge in [0.05, 0.1) is 0 Å². The van der Waals surface area contributed by atoms with E-state index in [4.69, 9.17) is 11.6 Å². The number of hydrogen-bond donors (Lipinski definition) is 1. The van der Waals surface area contributed by atoms with Gasteiger partial charge in [-0.15, -0.1) is 0 Å². The SMILES string of the molecule is Cc1cc(Cl)c(CCC(C)(C)CNCC(C)C)cc1C. The zero-order chi connectivity index (χ0) is 15.3. The molecule has 114 valence electrons. The average Bonchev–Trinajstić information content (AvgIpc) is 2.31. The van der Waals surface area contributed by atoms with Gasteiger partial charge in [0.2, 0.25) is 0 Å². The van der Waals surface area contributed by atoms with Crippen LogP contribution in [-0.4, -0.2) is 13.1 Å². The Morgan fingerprint density at radius 1 is 1.15 bits per heavy atom. The second-order valence-electron chi connectivity index (χ2n) is 7.22. The van der Waals surface area contributed by atoms with Crippen molar-refractivity contribution in [2.45, 2.75) is 54.4 Å². The maximum absolute atomic E-state index is 6.36. The van der Waals surface area contributed by atoms with Crippen LogP contribution in [0.1, 0.15) is 50.8 Å². The third-order valence-corrected chi connectivity index (χ3v) is 4.24. The fourth-order valence-electron chi connectivity index (χ4n) is 2.29. The normalized spacial score (nSPS) is 12.2. The first-order valence-corrected chi connectivity index (χ1v) is 8.05. The zero-order valence-electron chi connectivity index (χ0n) is 13.9. The molecular formula is C18H30ClN. The van der Waals surface area contributed by atoms with E-state index in [-0.39, 0.29) is 0 Å². The van der Waals surface area contributed by atoms with Crippen LogP contribution in [-0.2, 0) is 6.42 Å². The first-order chi connectivity index (χ1) is 9.21. The molecule has 0 aliphatic carbocycles. The maximum Gasteiger partial charge on any atom is 0.0440 e. The Morgan fingerprint density at radius 2 is 1.75 bits per heavy atom. The largest absolute Gasteiger partial charge is 0.316 e. The predicted octanol–water partition coefficient (Wildman–Crippen LogP) is 5.16. The van der Waals surface area contributed by atoms with Crippen LogP contribution in [0.25, 0.3) is 0 Å². The highest BCUT2D eigenvalue weighted by atomic mass is 35.5. The number of halogens is 1. The summed E-state index contributed by atoms with van der Waals surface area (Å²) in [5, 5.41) is 4.48. The van der Waals surface area contributed by atoms with Gasteiger partial charge in [-0.2, -0.15) is 0 Å². The molecule has 1 aromatic carbocycles. The summed E-state index contributed by atoms with van der Waals surface area (Å²) < 4.78 is 0. The Morgan fingerprint density at radius 3 is 2.35 bits per heavy atom. The van der Waals surface area contributed by atoms with E-state index in [2.05, 4.69) is 59.0 Å². The van der Waals surface area contributed by atoms with Gasteiger partial charge in [-0.3, -0.25) is 0 Å². The molecule has 0 heterocycles. The van der Waals surface area contributed by atoms with Crippen LogP contribution in [0.3, 0.4) is 0 Å². The van der Waals surface area contributed by atoms with Crippen molar-refractivity contribution in [2.75, 3.05) is 13.1 Å². The monoisotopic (exact) mass is 295 g/mol. The molecule has 0 saturated heterocycles. The first kappa shape index (κ1) is 17.5. The van der Waals surface area contributed by atoms with Gasteiger partial charge < -0.3 is 5.32 Å². The molecule has 1 N–H and O–H groups in total. The molecule has 0 amide bonds. The molecule has 0 atom stereocenters. The minimum Gasteiger partial charge on any atom is -0.316 e. The maximum atomic E-state index is 6.36. The Hall–Kier alpha value is -0.530. The molecule has 0 unspecified atom stereocenters. The van der Waals surface area contributed by atoms with E-state index in [1.54, 1.807) is 0 Å². The van der Waals surface area contributed by atoms with Crippen LogP contribution in [0.2, 0.25) is 5.02 Å². The standard InChI is InChI=1S/C18H30ClN/c1-13(2)11-20-12-18(5,6)8-7-16-9-14(3)15(4)10-17(16)19/h9-10,13,20H,7-8,11-12H2,1-6H3. The van der Waals surface area contributed by atoms with E-state index >= 15 is 0 Å². The molecule has 0 spiro atoms. The minimum atomic E-state index is 0.303. The molecule has 1 aromatic rings. The van der Waals surface area contributed by atoms with Crippen LogP contribution >= 0.6 is 11.6 Å². The summed E-state index contributed by atoms with van der Waals surface area (Å²) in [5.74, 6) is 0.708. The van der Waals surface area contributed by atoms with Crippen molar-refractivity contribution in [1.82, 2.24) is 5.32 Å². The number of rotatable bonds is 7. The molecule has 0 radical (unpaired) electrons. The minimum absolute atomic E-state index is 0.303. The lowest BCUT2D eigenvalue weighted by atomic mass is 9.85. The van der Waals surface area contributed by atoms with Crippen LogP contribution in [0.4, 0.5) is 0 Å². The van der Waals surface area contributed by atoms with Crippen molar-refractivity contribution >= 4 is 11.6 Å². The third-order valence-electron chi connectivity index (χ3n) is 3.89. The zero-order valence-corrected chi connectivity index (χ0v) is 14.7. The predicted molar refractivity (Wildman–Crippen MR) is 90.7 cm³/mol. The van der Waals surface area contributed by atoms with Crippen LogP contribution in [0.5, 0.6) is 0 Å². The van der Waals surface area contributed by atoms with Crippen LogP contribution in [0.15, 0.2) is 12.1 Å². The quantitative estimate of drug-likeness (QED) is 0.732. The fourth-order valence-corrected chi connectivity index (χ4v) is 2.61. The lowest BCUT2D eigenvalue weighted by Crippen LogP contribution is -2.32. The number of hydrogen-bond acceptors (Lipinski definition) is 1. The lowest BCUT2D eigenvalue weighted by molar-refractivity contribution is 0.308. The summed E-state index contributed by atoms with van der Waals surface area (Å²) in [6.07, 6.45) is 2.20. The highest BCUT2D eigenvalue weighted by Crippen LogP contribution is 2.27. The Labute approximate surface area is 130 Å². The van der Waals surface area contributed by atoms with E-state index in [1.165, 1.54) is 16.7 Å². The smallest absolute Gasteiger partial charge is 0.0440 e. The Balaban J connectivity index is 2.55. The average molecular weight is 296 g/mol. The second kappa shape index (κ2) is 7.47. The summed E-state index contributed by atoms with van der Waals surface area (Å²) in [5.41, 5.74) is 4.19. The highest BCUT2D eigenvalue weighted by molar-refractivity contribution is 6.31. The van der Waals surface area contributed by atoms with Crippen molar-refractivity contribution in [2.24, 2.45) is 11.3 Å². The summed E-state index contributed by atoms with van der Waals surface area (Å²) in [4.78, 5) is 0. The molecular weight excluding hydrogens is 266 g/mol. The summed E-state index contributed by atoms with van der Waals surface area (Å²) in [6, 6.07) is 4.34. The Kier molecular flexibility index (Phi) is 6.54. The number of benzene rings is 1. The molecule has 0 aliphatic heterocycles. The molecule has 0 aromatic heterocycles. The molecule has 0 fully saturated rings. The second-order valence-corrected chi connectivity index (χ2v) is 7.62. The van der Waals surface area contributed by atoms with Crippen molar-refractivity contribution in [3.63, 3.8) is 0 Å². The summed E-state index contributed by atoms with van der Waals surface area (Å²) in [6.45, 7) is 15.6. The van der Waals surface area contributed by atoms with Crippen molar-refractivity contribution < 1.29 is 0 Å². The first-order valence-electron chi connectivity index (χ1n) is 7.67. The van der Waals surface area contributed by atoms with Crippen LogP contribution < -0.4 is 5.32 Å². The van der Waals surface area contributed by atoms with Gasteiger partial charge in [-0.25, -0.2) is 0 Å². The fraction of sp³-hybridized carbons (Fsp3) is 0.667. The van der Waals surface area contributed by atoms with E-state index in [1.807, 2.05) is 0 Å². The van der Waals surface area contributed by atoms with E-state index in [9.17, 15) is 0 Å². The van der Waals surface area contributed by atoms with Gasteiger partial charge in [0.15, 0.2) is 0 Å². The molecule has 1 rings (SSSR count). The molecule has 0 saturated carbocycles. The topological polar surface area (TPSA) is 12.0 Å². The Bertz CT molecular complexity index is 435. The van der Waals surface area contributed by atoms with Gasteiger partial charge in [-0.1, -0.05) is 45.4 Å². The van der Waals surface area contributed by atoms with Crippen LogP contribution in [0, 0.1) is 25.2 Å². The molecule has 1 nitrogen and oxygen atoms in total. The number of nitrogens with one attached hydrogen (secondary N) is 1. The number of aryl methyl sites for hydroxylation is 3. The van der Waals surface area contributed by atoms with Gasteiger partial charge >= 0.3 is 0 Å². The van der Waals surface area contributed by atoms with Crippen molar-refractivity contribution in [3.05, 3.63) is 33.8 Å². The molecule has 0 bridgehead atoms. The van der Waals surface area contributed by atoms with E-state index < -0.39 is 0 Å². The lowest BCUT2D eigenvalue weighted by Gasteiger charge is -2.26.